The third-order valence-electron chi connectivity index (χ3n) is 3.08. The van der Waals surface area contributed by atoms with Gasteiger partial charge in [-0.3, -0.25) is 14.3 Å². The van der Waals surface area contributed by atoms with Crippen LogP contribution in [0, 0.1) is 6.92 Å². The normalized spacial score (nSPS) is 10.8. The van der Waals surface area contributed by atoms with Gasteiger partial charge in [-0.2, -0.15) is 0 Å². The average molecular weight is 293 g/mol. The number of hydrogen-bond acceptors (Lipinski definition) is 6. The number of fused-ring (bicyclic) bond motifs is 1. The molecule has 2 aromatic heterocycles. The van der Waals surface area contributed by atoms with Crippen molar-refractivity contribution in [3.05, 3.63) is 38.2 Å². The zero-order valence-corrected chi connectivity index (χ0v) is 11.9. The lowest BCUT2D eigenvalue weighted by Crippen LogP contribution is -2.32. The van der Waals surface area contributed by atoms with E-state index in [2.05, 4.69) is 14.7 Å². The minimum Gasteiger partial charge on any atom is -0.465 e. The van der Waals surface area contributed by atoms with Crippen molar-refractivity contribution in [3.8, 4) is 0 Å². The lowest BCUT2D eigenvalue weighted by Gasteiger charge is -2.10. The van der Waals surface area contributed by atoms with Gasteiger partial charge in [0.1, 0.15) is 5.65 Å². The molecule has 8 nitrogen and oxygen atoms in total. The van der Waals surface area contributed by atoms with E-state index < -0.39 is 17.2 Å². The highest BCUT2D eigenvalue weighted by atomic mass is 16.5. The first-order valence-electron chi connectivity index (χ1n) is 6.21. The fourth-order valence-electron chi connectivity index (χ4n) is 2.00. The minimum atomic E-state index is -0.596. The lowest BCUT2D eigenvalue weighted by atomic mass is 10.1. The van der Waals surface area contributed by atoms with Crippen molar-refractivity contribution in [1.82, 2.24) is 14.5 Å². The van der Waals surface area contributed by atoms with E-state index in [1.165, 1.54) is 24.9 Å². The molecule has 0 saturated heterocycles. The number of aryl methyl sites for hydroxylation is 1. The zero-order valence-electron chi connectivity index (χ0n) is 11.9. The fraction of sp³-hybridized carbons (Fsp3) is 0.385. The van der Waals surface area contributed by atoms with E-state index in [0.29, 0.717) is 12.3 Å². The van der Waals surface area contributed by atoms with Gasteiger partial charge in [0, 0.05) is 7.11 Å². The molecule has 0 fully saturated rings. The number of nitrogens with one attached hydrogen (secondary N) is 1. The van der Waals surface area contributed by atoms with E-state index in [4.69, 9.17) is 4.74 Å². The second kappa shape index (κ2) is 5.88. The Labute approximate surface area is 119 Å². The van der Waals surface area contributed by atoms with Crippen LogP contribution < -0.4 is 11.2 Å². The molecule has 0 aliphatic heterocycles. The van der Waals surface area contributed by atoms with Gasteiger partial charge in [-0.1, -0.05) is 0 Å². The summed E-state index contributed by atoms with van der Waals surface area (Å²) in [4.78, 5) is 41.8. The summed E-state index contributed by atoms with van der Waals surface area (Å²) < 4.78 is 10.9. The molecule has 0 aromatic carbocycles. The number of carbonyl (C=O) groups excluding carboxylic acids is 1. The van der Waals surface area contributed by atoms with Crippen LogP contribution >= 0.6 is 0 Å². The zero-order chi connectivity index (χ0) is 15.6. The molecular formula is C13H15N3O5. The molecular weight excluding hydrogens is 278 g/mol. The first-order chi connectivity index (χ1) is 9.99. The van der Waals surface area contributed by atoms with Gasteiger partial charge in [0.15, 0.2) is 0 Å². The predicted molar refractivity (Wildman–Crippen MR) is 74.6 cm³/mol. The maximum atomic E-state index is 11.9. The summed E-state index contributed by atoms with van der Waals surface area (Å²) in [5.41, 5.74) is -0.382. The second-order valence-corrected chi connectivity index (χ2v) is 4.39. The molecule has 1 N–H and O–H groups in total. The number of nitrogens with zero attached hydrogens (tertiary/aromatic N) is 2. The Kier molecular flexibility index (Phi) is 4.18. The molecule has 112 valence electrons. The SMILES string of the molecule is COCCn1c(=O)[nH]c(=O)c2cc(C(=O)OC)c(C)nc21. The molecule has 8 heteroatoms. The quantitative estimate of drug-likeness (QED) is 0.785. The summed E-state index contributed by atoms with van der Waals surface area (Å²) in [5, 5.41) is 0.150. The third-order valence-corrected chi connectivity index (χ3v) is 3.08. The van der Waals surface area contributed by atoms with Crippen LogP contribution in [0.4, 0.5) is 0 Å². The molecule has 2 rings (SSSR count). The van der Waals surface area contributed by atoms with E-state index in [0.717, 1.165) is 0 Å². The Hall–Kier alpha value is -2.48. The van der Waals surface area contributed by atoms with Gasteiger partial charge in [0.25, 0.3) is 5.56 Å². The number of carbonyl (C=O) groups is 1. The molecule has 0 amide bonds. The Morgan fingerprint density at radius 1 is 1.38 bits per heavy atom. The molecule has 21 heavy (non-hydrogen) atoms. The van der Waals surface area contributed by atoms with Crippen LogP contribution in [-0.4, -0.2) is 41.3 Å². The van der Waals surface area contributed by atoms with Gasteiger partial charge in [-0.15, -0.1) is 0 Å². The first-order valence-corrected chi connectivity index (χ1v) is 6.21. The van der Waals surface area contributed by atoms with Gasteiger partial charge in [-0.25, -0.2) is 14.6 Å². The highest BCUT2D eigenvalue weighted by Crippen LogP contribution is 2.13. The van der Waals surface area contributed by atoms with E-state index in [1.807, 2.05) is 0 Å². The van der Waals surface area contributed by atoms with Crippen molar-refractivity contribution in [3.63, 3.8) is 0 Å². The number of aromatic amines is 1. The number of aromatic nitrogens is 3. The fourth-order valence-corrected chi connectivity index (χ4v) is 2.00. The number of H-pyrrole nitrogens is 1. The van der Waals surface area contributed by atoms with Crippen molar-refractivity contribution in [2.24, 2.45) is 0 Å². The highest BCUT2D eigenvalue weighted by molar-refractivity contribution is 5.94. The topological polar surface area (TPSA) is 103 Å². The second-order valence-electron chi connectivity index (χ2n) is 4.39. The Bertz CT molecular complexity index is 806. The molecule has 0 aliphatic carbocycles. The summed E-state index contributed by atoms with van der Waals surface area (Å²) in [6.45, 7) is 2.14. The largest absolute Gasteiger partial charge is 0.465 e. The van der Waals surface area contributed by atoms with E-state index in [-0.39, 0.29) is 23.1 Å². The Balaban J connectivity index is 2.78. The monoisotopic (exact) mass is 293 g/mol. The molecule has 2 heterocycles. The molecule has 2 aromatic rings. The van der Waals surface area contributed by atoms with Crippen LogP contribution in [0.25, 0.3) is 11.0 Å². The average Bonchev–Trinajstić information content (AvgIpc) is 2.45. The number of ether oxygens (including phenoxy) is 2. The summed E-state index contributed by atoms with van der Waals surface area (Å²) in [6, 6.07) is 1.38. The van der Waals surface area contributed by atoms with Crippen LogP contribution in [0.1, 0.15) is 16.1 Å². The smallest absolute Gasteiger partial charge is 0.339 e. The van der Waals surface area contributed by atoms with Gasteiger partial charge in [-0.05, 0) is 13.0 Å². The van der Waals surface area contributed by atoms with Crippen molar-refractivity contribution < 1.29 is 14.3 Å². The van der Waals surface area contributed by atoms with Gasteiger partial charge in [0.05, 0.1) is 36.9 Å². The van der Waals surface area contributed by atoms with Crippen LogP contribution in [0.15, 0.2) is 15.7 Å². The number of methoxy groups -OCH3 is 2. The summed E-state index contributed by atoms with van der Waals surface area (Å²) in [5.74, 6) is -0.587. The molecule has 0 unspecified atom stereocenters. The highest BCUT2D eigenvalue weighted by Gasteiger charge is 2.16. The summed E-state index contributed by atoms with van der Waals surface area (Å²) >= 11 is 0. The summed E-state index contributed by atoms with van der Waals surface area (Å²) in [7, 11) is 2.75. The van der Waals surface area contributed by atoms with E-state index >= 15 is 0 Å². The van der Waals surface area contributed by atoms with Crippen LogP contribution in [0.2, 0.25) is 0 Å². The van der Waals surface area contributed by atoms with Crippen molar-refractivity contribution in [1.29, 1.82) is 0 Å². The Morgan fingerprint density at radius 3 is 2.71 bits per heavy atom. The van der Waals surface area contributed by atoms with Crippen LogP contribution in [-0.2, 0) is 16.0 Å². The third kappa shape index (κ3) is 2.70. The van der Waals surface area contributed by atoms with Gasteiger partial charge < -0.3 is 9.47 Å². The van der Waals surface area contributed by atoms with Crippen molar-refractivity contribution >= 4 is 17.0 Å². The molecule has 0 atom stereocenters. The number of esters is 1. The van der Waals surface area contributed by atoms with Crippen LogP contribution in [0.5, 0.6) is 0 Å². The standard InChI is InChI=1S/C13H15N3O5/c1-7-8(12(18)21-3)6-9-10(14-7)16(4-5-20-2)13(19)15-11(9)17/h6H,4-5H2,1-3H3,(H,15,17,19). The molecule has 0 radical (unpaired) electrons. The summed E-state index contributed by atoms with van der Waals surface area (Å²) in [6.07, 6.45) is 0. The molecule has 0 spiro atoms. The molecule has 0 aliphatic rings. The first kappa shape index (κ1) is 14.9. The molecule has 0 saturated carbocycles. The number of hydrogen-bond donors (Lipinski definition) is 1. The maximum absolute atomic E-state index is 11.9. The maximum Gasteiger partial charge on any atom is 0.339 e. The minimum absolute atomic E-state index is 0.150. The van der Waals surface area contributed by atoms with E-state index in [1.54, 1.807) is 6.92 Å². The number of pyridine rings is 1. The lowest BCUT2D eigenvalue weighted by molar-refractivity contribution is 0.0599. The van der Waals surface area contributed by atoms with Crippen molar-refractivity contribution in [2.75, 3.05) is 20.8 Å². The van der Waals surface area contributed by atoms with Crippen LogP contribution in [0.3, 0.4) is 0 Å². The molecule has 0 bridgehead atoms. The van der Waals surface area contributed by atoms with E-state index in [9.17, 15) is 14.4 Å². The predicted octanol–water partition coefficient (Wildman–Crippen LogP) is -0.174. The Morgan fingerprint density at radius 2 is 2.10 bits per heavy atom. The van der Waals surface area contributed by atoms with Crippen molar-refractivity contribution in [2.45, 2.75) is 13.5 Å². The number of rotatable bonds is 4. The van der Waals surface area contributed by atoms with Gasteiger partial charge in [0.2, 0.25) is 0 Å². The van der Waals surface area contributed by atoms with Gasteiger partial charge >= 0.3 is 11.7 Å².